The van der Waals surface area contributed by atoms with Crippen LogP contribution in [0.5, 0.6) is 0 Å². The van der Waals surface area contributed by atoms with E-state index in [1.165, 1.54) is 32.1 Å². The average molecular weight is 213 g/mol. The smallest absolute Gasteiger partial charge is 0.234 e. The van der Waals surface area contributed by atoms with E-state index < -0.39 is 6.04 Å². The van der Waals surface area contributed by atoms with E-state index in [1.54, 1.807) is 0 Å². The van der Waals surface area contributed by atoms with Gasteiger partial charge in [-0.25, -0.2) is 0 Å². The molecule has 0 saturated carbocycles. The van der Waals surface area contributed by atoms with E-state index in [2.05, 4.69) is 4.90 Å². The van der Waals surface area contributed by atoms with E-state index >= 15 is 0 Å². The second-order valence-corrected chi connectivity index (χ2v) is 4.41. The van der Waals surface area contributed by atoms with Crippen LogP contribution in [0, 0.1) is 0 Å². The number of nitrogens with zero attached hydrogens (tertiary/aromatic N) is 1. The first-order valence-electron chi connectivity index (χ1n) is 5.97. The molecule has 4 heteroatoms. The Labute approximate surface area is 92.0 Å². The summed E-state index contributed by atoms with van der Waals surface area (Å²) in [6.45, 7) is 3.20. The van der Waals surface area contributed by atoms with E-state index in [0.717, 1.165) is 19.6 Å². The van der Waals surface area contributed by atoms with Crippen LogP contribution < -0.4 is 11.5 Å². The van der Waals surface area contributed by atoms with Gasteiger partial charge >= 0.3 is 0 Å². The van der Waals surface area contributed by atoms with E-state index in [-0.39, 0.29) is 5.91 Å². The van der Waals surface area contributed by atoms with Crippen molar-refractivity contribution in [1.82, 2.24) is 4.90 Å². The average Bonchev–Trinajstić information content (AvgIpc) is 2.15. The molecule has 1 heterocycles. The van der Waals surface area contributed by atoms with Crippen LogP contribution in [0.2, 0.25) is 0 Å². The Morgan fingerprint density at radius 2 is 1.67 bits per heavy atom. The lowest BCUT2D eigenvalue weighted by Gasteiger charge is -2.25. The van der Waals surface area contributed by atoms with Gasteiger partial charge in [-0.2, -0.15) is 0 Å². The van der Waals surface area contributed by atoms with E-state index in [4.69, 9.17) is 11.5 Å². The third-order valence-electron chi connectivity index (χ3n) is 3.07. The third kappa shape index (κ3) is 5.14. The molecule has 1 fully saturated rings. The number of nitrogens with two attached hydrogens (primary N) is 2. The topological polar surface area (TPSA) is 72.3 Å². The number of rotatable bonds is 4. The second kappa shape index (κ2) is 6.80. The van der Waals surface area contributed by atoms with Crippen molar-refractivity contribution in [1.29, 1.82) is 0 Å². The zero-order chi connectivity index (χ0) is 11.1. The molecular weight excluding hydrogens is 190 g/mol. The third-order valence-corrected chi connectivity index (χ3v) is 3.07. The van der Waals surface area contributed by atoms with Gasteiger partial charge in [0.2, 0.25) is 5.91 Å². The lowest BCUT2D eigenvalue weighted by molar-refractivity contribution is -0.119. The standard InChI is InChI=1S/C11H23N3O/c12-10(11(13)15)6-9-14-7-4-2-1-3-5-8-14/h10H,1-9,12H2,(H2,13,15). The molecule has 0 aliphatic carbocycles. The molecule has 1 saturated heterocycles. The Hall–Kier alpha value is -0.610. The van der Waals surface area contributed by atoms with Gasteiger partial charge in [0.15, 0.2) is 0 Å². The van der Waals surface area contributed by atoms with Crippen LogP contribution in [0.25, 0.3) is 0 Å². The molecule has 1 rings (SSSR count). The molecule has 1 aliphatic heterocycles. The Balaban J connectivity index is 2.20. The Kier molecular flexibility index (Phi) is 5.65. The van der Waals surface area contributed by atoms with Crippen molar-refractivity contribution in [2.45, 2.75) is 44.6 Å². The number of carbonyl (C=O) groups is 1. The molecule has 0 aromatic carbocycles. The fraction of sp³-hybridized carbons (Fsp3) is 0.909. The quantitative estimate of drug-likeness (QED) is 0.712. The second-order valence-electron chi connectivity index (χ2n) is 4.41. The summed E-state index contributed by atoms with van der Waals surface area (Å²) in [6, 6.07) is -0.476. The van der Waals surface area contributed by atoms with Crippen LogP contribution in [-0.2, 0) is 4.79 Å². The summed E-state index contributed by atoms with van der Waals surface area (Å²) in [6.07, 6.45) is 7.26. The van der Waals surface area contributed by atoms with Crippen molar-refractivity contribution in [3.8, 4) is 0 Å². The minimum Gasteiger partial charge on any atom is -0.368 e. The van der Waals surface area contributed by atoms with Gasteiger partial charge in [-0.1, -0.05) is 19.3 Å². The van der Waals surface area contributed by atoms with Crippen LogP contribution >= 0.6 is 0 Å². The number of hydrogen-bond acceptors (Lipinski definition) is 3. The van der Waals surface area contributed by atoms with Crippen molar-refractivity contribution in [2.75, 3.05) is 19.6 Å². The normalized spacial score (nSPS) is 21.7. The highest BCUT2D eigenvalue weighted by Crippen LogP contribution is 2.10. The molecule has 1 atom stereocenters. The summed E-state index contributed by atoms with van der Waals surface area (Å²) >= 11 is 0. The molecule has 1 aliphatic rings. The highest BCUT2D eigenvalue weighted by molar-refractivity contribution is 5.79. The Morgan fingerprint density at radius 1 is 1.13 bits per heavy atom. The van der Waals surface area contributed by atoms with Gasteiger partial charge in [0.1, 0.15) is 0 Å². The van der Waals surface area contributed by atoms with Crippen LogP contribution in [0.1, 0.15) is 38.5 Å². The molecule has 4 N–H and O–H groups in total. The van der Waals surface area contributed by atoms with Gasteiger partial charge < -0.3 is 16.4 Å². The zero-order valence-electron chi connectivity index (χ0n) is 9.45. The summed E-state index contributed by atoms with van der Waals surface area (Å²) in [4.78, 5) is 13.2. The minimum absolute atomic E-state index is 0.387. The van der Waals surface area contributed by atoms with Crippen LogP contribution in [0.4, 0.5) is 0 Å². The lowest BCUT2D eigenvalue weighted by Crippen LogP contribution is -2.40. The summed E-state index contributed by atoms with van der Waals surface area (Å²) in [5.41, 5.74) is 10.7. The number of primary amides is 1. The van der Waals surface area contributed by atoms with Crippen LogP contribution in [-0.4, -0.2) is 36.5 Å². The van der Waals surface area contributed by atoms with E-state index in [9.17, 15) is 4.79 Å². The fourth-order valence-electron chi connectivity index (χ4n) is 2.00. The number of hydrogen-bond donors (Lipinski definition) is 2. The maximum absolute atomic E-state index is 10.8. The predicted molar refractivity (Wildman–Crippen MR) is 61.3 cm³/mol. The zero-order valence-corrected chi connectivity index (χ0v) is 9.45. The van der Waals surface area contributed by atoms with Crippen molar-refractivity contribution >= 4 is 5.91 Å². The number of carbonyl (C=O) groups excluding carboxylic acids is 1. The molecule has 88 valence electrons. The Bertz CT molecular complexity index is 188. The SMILES string of the molecule is NC(=O)C(N)CCN1CCCCCCC1. The maximum atomic E-state index is 10.8. The molecule has 0 aromatic heterocycles. The lowest BCUT2D eigenvalue weighted by atomic mass is 10.1. The molecule has 0 aromatic rings. The molecule has 1 unspecified atom stereocenters. The highest BCUT2D eigenvalue weighted by Gasteiger charge is 2.12. The molecule has 0 bridgehead atoms. The maximum Gasteiger partial charge on any atom is 0.234 e. The monoisotopic (exact) mass is 213 g/mol. The van der Waals surface area contributed by atoms with Crippen molar-refractivity contribution in [3.63, 3.8) is 0 Å². The van der Waals surface area contributed by atoms with Crippen LogP contribution in [0.15, 0.2) is 0 Å². The molecule has 4 nitrogen and oxygen atoms in total. The van der Waals surface area contributed by atoms with Crippen molar-refractivity contribution in [3.05, 3.63) is 0 Å². The van der Waals surface area contributed by atoms with Crippen LogP contribution in [0.3, 0.4) is 0 Å². The van der Waals surface area contributed by atoms with Gasteiger partial charge in [0, 0.05) is 6.54 Å². The van der Waals surface area contributed by atoms with Gasteiger partial charge in [0.25, 0.3) is 0 Å². The van der Waals surface area contributed by atoms with Gasteiger partial charge in [-0.15, -0.1) is 0 Å². The van der Waals surface area contributed by atoms with Crippen molar-refractivity contribution in [2.24, 2.45) is 11.5 Å². The minimum atomic E-state index is -0.476. The van der Waals surface area contributed by atoms with Gasteiger partial charge in [0.05, 0.1) is 6.04 Å². The first-order valence-corrected chi connectivity index (χ1v) is 5.97. The molecule has 1 amide bonds. The Morgan fingerprint density at radius 3 is 2.20 bits per heavy atom. The predicted octanol–water partition coefficient (Wildman–Crippen LogP) is 0.455. The molecule has 15 heavy (non-hydrogen) atoms. The first kappa shape index (κ1) is 12.5. The first-order chi connectivity index (χ1) is 7.20. The fourth-order valence-corrected chi connectivity index (χ4v) is 2.00. The van der Waals surface area contributed by atoms with Gasteiger partial charge in [-0.3, -0.25) is 4.79 Å². The molecule has 0 radical (unpaired) electrons. The largest absolute Gasteiger partial charge is 0.368 e. The van der Waals surface area contributed by atoms with E-state index in [0.29, 0.717) is 6.42 Å². The summed E-state index contributed by atoms with van der Waals surface area (Å²) in [5, 5.41) is 0. The highest BCUT2D eigenvalue weighted by atomic mass is 16.1. The molecular formula is C11H23N3O. The summed E-state index contributed by atoms with van der Waals surface area (Å²) in [5.74, 6) is -0.387. The number of amides is 1. The summed E-state index contributed by atoms with van der Waals surface area (Å²) in [7, 11) is 0. The number of likely N-dealkylation sites (tertiary alicyclic amines) is 1. The summed E-state index contributed by atoms with van der Waals surface area (Å²) < 4.78 is 0. The van der Waals surface area contributed by atoms with Crippen molar-refractivity contribution < 1.29 is 4.79 Å². The van der Waals surface area contributed by atoms with E-state index in [1.807, 2.05) is 0 Å². The molecule has 0 spiro atoms. The van der Waals surface area contributed by atoms with Gasteiger partial charge in [-0.05, 0) is 32.4 Å².